The first-order chi connectivity index (χ1) is 25.4. The minimum Gasteiger partial charge on any atom is -0.494 e. The Balaban J connectivity index is 1.57. The molecule has 0 fully saturated rings. The molecule has 0 saturated carbocycles. The van der Waals surface area contributed by atoms with Gasteiger partial charge in [0.1, 0.15) is 37.1 Å². The third-order valence-corrected chi connectivity index (χ3v) is 6.31. The fraction of sp³-hybridized carbons (Fsp3) is 0.314. The van der Waals surface area contributed by atoms with Crippen molar-refractivity contribution < 1.29 is 86.5 Å². The fourth-order valence-electron chi connectivity index (χ4n) is 3.90. The normalized spacial score (nSPS) is 10.4. The van der Waals surface area contributed by atoms with Gasteiger partial charge in [-0.3, -0.25) is 0 Å². The number of ether oxygens (including phenoxy) is 6. The topological polar surface area (TPSA) is 213 Å². The molecule has 0 aliphatic heterocycles. The summed E-state index contributed by atoms with van der Waals surface area (Å²) in [7, 11) is 0. The standard InChI is InChI=1S/C35H36O18/c1-5-42-26-14-8-11-23(17-26)29(36)48-51-32(39)45-20-35(4,21-46-33(40)52-49-30(37)24-12-9-15-27(18-24)43-6-2)22-47-34(41)53-50-31(38)25-13-10-16-28(19-25)44-7-3/h8-19H,5-7,20-22H2,1-4H3. The minimum absolute atomic E-state index is 0.00203. The molecule has 0 aliphatic carbocycles. The highest BCUT2D eigenvalue weighted by atomic mass is 17.2. The summed E-state index contributed by atoms with van der Waals surface area (Å²) in [6.07, 6.45) is -4.54. The summed E-state index contributed by atoms with van der Waals surface area (Å²) in [5, 5.41) is 0. The molecule has 18 nitrogen and oxygen atoms in total. The first kappa shape index (κ1) is 40.7. The van der Waals surface area contributed by atoms with E-state index in [1.54, 1.807) is 39.0 Å². The number of hydrogen-bond donors (Lipinski definition) is 0. The highest BCUT2D eigenvalue weighted by Crippen LogP contribution is 2.21. The van der Waals surface area contributed by atoms with Gasteiger partial charge < -0.3 is 28.4 Å². The molecule has 0 unspecified atom stereocenters. The fourth-order valence-corrected chi connectivity index (χ4v) is 3.90. The molecule has 0 radical (unpaired) electrons. The number of benzene rings is 3. The Morgan fingerprint density at radius 1 is 0.453 bits per heavy atom. The largest absolute Gasteiger partial charge is 0.549 e. The summed E-state index contributed by atoms with van der Waals surface area (Å²) in [6, 6.07) is 17.6. The predicted octanol–water partition coefficient (Wildman–Crippen LogP) is 5.96. The Bertz CT molecular complexity index is 1520. The molecule has 0 spiro atoms. The van der Waals surface area contributed by atoms with Gasteiger partial charge in [0.15, 0.2) is 0 Å². The summed E-state index contributed by atoms with van der Waals surface area (Å²) in [6.45, 7) is 5.44. The number of hydrogen-bond acceptors (Lipinski definition) is 18. The van der Waals surface area contributed by atoms with E-state index in [0.717, 1.165) is 0 Å². The van der Waals surface area contributed by atoms with Crippen LogP contribution in [-0.2, 0) is 43.5 Å². The molecule has 53 heavy (non-hydrogen) atoms. The van der Waals surface area contributed by atoms with Gasteiger partial charge in [0.2, 0.25) is 0 Å². The summed E-state index contributed by atoms with van der Waals surface area (Å²) in [4.78, 5) is 101. The first-order valence-corrected chi connectivity index (χ1v) is 15.8. The molecule has 284 valence electrons. The van der Waals surface area contributed by atoms with Crippen LogP contribution < -0.4 is 14.2 Å². The lowest BCUT2D eigenvalue weighted by atomic mass is 9.94. The third kappa shape index (κ3) is 14.2. The second-order valence-corrected chi connectivity index (χ2v) is 10.7. The molecule has 3 aromatic rings. The van der Waals surface area contributed by atoms with Gasteiger partial charge in [-0.25, -0.2) is 43.7 Å². The van der Waals surface area contributed by atoms with Crippen molar-refractivity contribution in [3.05, 3.63) is 89.5 Å². The lowest BCUT2D eigenvalue weighted by Gasteiger charge is -2.26. The van der Waals surface area contributed by atoms with Crippen LogP contribution >= 0.6 is 0 Å². The van der Waals surface area contributed by atoms with E-state index in [1.807, 2.05) is 0 Å². The van der Waals surface area contributed by atoms with Crippen molar-refractivity contribution in [3.8, 4) is 17.2 Å². The minimum atomic E-state index is -1.60. The molecular formula is C35H36O18. The molecule has 3 aromatic carbocycles. The van der Waals surface area contributed by atoms with Crippen LogP contribution in [-0.4, -0.2) is 76.0 Å². The van der Waals surface area contributed by atoms with Crippen LogP contribution in [0.2, 0.25) is 0 Å². The number of carbonyl (C=O) groups excluding carboxylic acids is 6. The van der Waals surface area contributed by atoms with Crippen LogP contribution in [0.1, 0.15) is 58.8 Å². The van der Waals surface area contributed by atoms with Crippen LogP contribution in [0.15, 0.2) is 72.8 Å². The van der Waals surface area contributed by atoms with E-state index in [0.29, 0.717) is 37.1 Å². The van der Waals surface area contributed by atoms with E-state index in [4.69, 9.17) is 28.4 Å². The molecule has 18 heteroatoms. The van der Waals surface area contributed by atoms with Crippen molar-refractivity contribution in [1.82, 2.24) is 0 Å². The molecule has 0 N–H and O–H groups in total. The molecule has 0 aromatic heterocycles. The zero-order valence-corrected chi connectivity index (χ0v) is 29.0. The molecule has 0 atom stereocenters. The third-order valence-electron chi connectivity index (χ3n) is 6.31. The van der Waals surface area contributed by atoms with Gasteiger partial charge in [0.25, 0.3) is 0 Å². The maximum atomic E-state index is 12.3. The van der Waals surface area contributed by atoms with Gasteiger partial charge >= 0.3 is 36.4 Å². The maximum absolute atomic E-state index is 12.3. The predicted molar refractivity (Wildman–Crippen MR) is 174 cm³/mol. The van der Waals surface area contributed by atoms with E-state index < -0.39 is 61.6 Å². The Morgan fingerprint density at radius 3 is 1.00 bits per heavy atom. The molecule has 0 heterocycles. The number of carbonyl (C=O) groups is 6. The van der Waals surface area contributed by atoms with E-state index in [9.17, 15) is 28.8 Å². The molecular weight excluding hydrogens is 708 g/mol. The van der Waals surface area contributed by atoms with Gasteiger partial charge in [-0.1, -0.05) is 18.2 Å². The van der Waals surface area contributed by atoms with Crippen LogP contribution in [0.25, 0.3) is 0 Å². The van der Waals surface area contributed by atoms with E-state index in [-0.39, 0.29) is 16.7 Å². The second-order valence-electron chi connectivity index (χ2n) is 10.7. The maximum Gasteiger partial charge on any atom is 0.549 e. The Morgan fingerprint density at radius 2 is 0.736 bits per heavy atom. The molecule has 3 rings (SSSR count). The second kappa shape index (κ2) is 20.8. The first-order valence-electron chi connectivity index (χ1n) is 15.8. The lowest BCUT2D eigenvalue weighted by Crippen LogP contribution is -2.37. The highest BCUT2D eigenvalue weighted by molar-refractivity contribution is 5.91. The zero-order valence-electron chi connectivity index (χ0n) is 29.0. The van der Waals surface area contributed by atoms with Crippen LogP contribution in [0.5, 0.6) is 17.2 Å². The molecule has 0 saturated heterocycles. The van der Waals surface area contributed by atoms with Crippen molar-refractivity contribution in [2.75, 3.05) is 39.6 Å². The SMILES string of the molecule is CCOc1cccc(C(=O)OOC(=O)OCC(C)(COC(=O)OOC(=O)c2cccc(OCC)c2)COC(=O)OOC(=O)c2cccc(OCC)c2)c1. The number of rotatable bonds is 15. The van der Waals surface area contributed by atoms with E-state index in [1.165, 1.54) is 61.5 Å². The average Bonchev–Trinajstić information content (AvgIpc) is 3.16. The van der Waals surface area contributed by atoms with Gasteiger partial charge in [-0.15, -0.1) is 0 Å². The van der Waals surface area contributed by atoms with Crippen molar-refractivity contribution in [1.29, 1.82) is 0 Å². The van der Waals surface area contributed by atoms with E-state index >= 15 is 0 Å². The molecule has 0 bridgehead atoms. The van der Waals surface area contributed by atoms with Gasteiger partial charge in [-0.05, 0) is 82.3 Å². The van der Waals surface area contributed by atoms with Gasteiger partial charge in [0.05, 0.1) is 41.9 Å². The molecule has 0 aliphatic rings. The average molecular weight is 745 g/mol. The monoisotopic (exact) mass is 744 g/mol. The smallest absolute Gasteiger partial charge is 0.494 e. The van der Waals surface area contributed by atoms with Gasteiger partial charge in [0, 0.05) is 0 Å². The van der Waals surface area contributed by atoms with Crippen LogP contribution in [0.4, 0.5) is 14.4 Å². The zero-order chi connectivity index (χ0) is 38.6. The highest BCUT2D eigenvalue weighted by Gasteiger charge is 2.33. The van der Waals surface area contributed by atoms with Crippen LogP contribution in [0, 0.1) is 5.41 Å². The van der Waals surface area contributed by atoms with E-state index in [2.05, 4.69) is 29.3 Å². The van der Waals surface area contributed by atoms with Crippen LogP contribution in [0.3, 0.4) is 0 Å². The van der Waals surface area contributed by atoms with Crippen molar-refractivity contribution in [2.24, 2.45) is 5.41 Å². The van der Waals surface area contributed by atoms with Crippen molar-refractivity contribution in [3.63, 3.8) is 0 Å². The lowest BCUT2D eigenvalue weighted by molar-refractivity contribution is -0.216. The quantitative estimate of drug-likeness (QED) is 0.0759. The Kier molecular flexibility index (Phi) is 16.0. The van der Waals surface area contributed by atoms with Gasteiger partial charge in [-0.2, -0.15) is 14.4 Å². The van der Waals surface area contributed by atoms with Crippen molar-refractivity contribution >= 4 is 36.4 Å². The molecule has 0 amide bonds. The summed E-state index contributed by atoms with van der Waals surface area (Å²) < 4.78 is 30.8. The summed E-state index contributed by atoms with van der Waals surface area (Å²) in [5.41, 5.74) is -1.60. The Labute approximate surface area is 302 Å². The Hall–Kier alpha value is -6.72. The summed E-state index contributed by atoms with van der Waals surface area (Å²) in [5.74, 6) is -2.06. The summed E-state index contributed by atoms with van der Waals surface area (Å²) >= 11 is 0. The van der Waals surface area contributed by atoms with Crippen molar-refractivity contribution in [2.45, 2.75) is 27.7 Å².